The summed E-state index contributed by atoms with van der Waals surface area (Å²) in [5.41, 5.74) is 2.84. The van der Waals surface area contributed by atoms with Crippen LogP contribution in [0.4, 0.5) is 5.69 Å². The van der Waals surface area contributed by atoms with Crippen molar-refractivity contribution >= 4 is 11.6 Å². The minimum Gasteiger partial charge on any atom is -0.379 e. The summed E-state index contributed by atoms with van der Waals surface area (Å²) >= 11 is 0. The van der Waals surface area contributed by atoms with Crippen molar-refractivity contribution in [2.75, 3.05) is 11.9 Å². The van der Waals surface area contributed by atoms with Crippen LogP contribution in [0.5, 0.6) is 0 Å². The lowest BCUT2D eigenvalue weighted by Gasteiger charge is -2.09. The first-order chi connectivity index (χ1) is 9.70. The normalized spacial score (nSPS) is 10.3. The molecule has 0 aliphatic rings. The molecule has 0 fully saturated rings. The molecule has 0 atom stereocenters. The van der Waals surface area contributed by atoms with Gasteiger partial charge in [0.1, 0.15) is 0 Å². The molecule has 1 aromatic carbocycles. The summed E-state index contributed by atoms with van der Waals surface area (Å²) < 4.78 is 2.07. The first-order valence-electron chi connectivity index (χ1n) is 6.93. The molecule has 0 saturated heterocycles. The largest absolute Gasteiger partial charge is 0.379 e. The molecule has 2 N–H and O–H groups in total. The number of hydrogen-bond acceptors (Lipinski definition) is 2. The van der Waals surface area contributed by atoms with E-state index in [1.807, 2.05) is 50.5 Å². The van der Waals surface area contributed by atoms with Crippen molar-refractivity contribution in [1.29, 1.82) is 0 Å². The van der Waals surface area contributed by atoms with Gasteiger partial charge in [-0.15, -0.1) is 0 Å². The average Bonchev–Trinajstić information content (AvgIpc) is 2.88. The summed E-state index contributed by atoms with van der Waals surface area (Å²) in [5.74, 6) is -0.0191. The van der Waals surface area contributed by atoms with E-state index in [-0.39, 0.29) is 5.91 Å². The van der Waals surface area contributed by atoms with Crippen molar-refractivity contribution in [1.82, 2.24) is 9.88 Å². The zero-order chi connectivity index (χ0) is 14.4. The van der Waals surface area contributed by atoms with Gasteiger partial charge in [-0.1, -0.05) is 13.0 Å². The third-order valence-corrected chi connectivity index (χ3v) is 3.19. The van der Waals surface area contributed by atoms with Crippen LogP contribution in [0.2, 0.25) is 0 Å². The maximum atomic E-state index is 11.9. The lowest BCUT2D eigenvalue weighted by molar-refractivity contribution is 0.0953. The number of carbonyl (C=O) groups is 1. The van der Waals surface area contributed by atoms with E-state index in [4.69, 9.17) is 0 Å². The van der Waals surface area contributed by atoms with E-state index in [9.17, 15) is 4.79 Å². The molecule has 20 heavy (non-hydrogen) atoms. The second-order valence-corrected chi connectivity index (χ2v) is 4.80. The molecule has 1 amide bonds. The predicted octanol–water partition coefficient (Wildman–Crippen LogP) is 2.78. The average molecular weight is 271 g/mol. The molecule has 0 radical (unpaired) electrons. The summed E-state index contributed by atoms with van der Waals surface area (Å²) in [5, 5.41) is 6.22. The van der Waals surface area contributed by atoms with Crippen molar-refractivity contribution in [3.05, 3.63) is 53.9 Å². The van der Waals surface area contributed by atoms with Gasteiger partial charge in [0.2, 0.25) is 0 Å². The second kappa shape index (κ2) is 6.80. The smallest absolute Gasteiger partial charge is 0.251 e. The zero-order valence-corrected chi connectivity index (χ0v) is 12.0. The van der Waals surface area contributed by atoms with Crippen LogP contribution in [-0.4, -0.2) is 17.0 Å². The van der Waals surface area contributed by atoms with E-state index in [0.29, 0.717) is 12.1 Å². The Hall–Kier alpha value is -2.23. The van der Waals surface area contributed by atoms with Gasteiger partial charge in [-0.3, -0.25) is 4.79 Å². The minimum absolute atomic E-state index is 0.0191. The Kier molecular flexibility index (Phi) is 4.82. The van der Waals surface area contributed by atoms with Gasteiger partial charge in [-0.2, -0.15) is 0 Å². The molecule has 0 aliphatic heterocycles. The van der Waals surface area contributed by atoms with Crippen LogP contribution in [0.15, 0.2) is 42.6 Å². The van der Waals surface area contributed by atoms with Crippen molar-refractivity contribution in [2.24, 2.45) is 7.05 Å². The third kappa shape index (κ3) is 3.63. The molecule has 0 aliphatic carbocycles. The fourth-order valence-electron chi connectivity index (χ4n) is 1.98. The minimum atomic E-state index is -0.0191. The van der Waals surface area contributed by atoms with Gasteiger partial charge in [0.05, 0.1) is 6.54 Å². The lowest BCUT2D eigenvalue weighted by Crippen LogP contribution is -2.23. The Bertz CT molecular complexity index is 575. The summed E-state index contributed by atoms with van der Waals surface area (Å²) in [4.78, 5) is 11.9. The van der Waals surface area contributed by atoms with E-state index < -0.39 is 0 Å². The summed E-state index contributed by atoms with van der Waals surface area (Å²) in [6, 6.07) is 11.7. The van der Waals surface area contributed by atoms with Gasteiger partial charge in [0, 0.05) is 36.7 Å². The number of carbonyl (C=O) groups excluding carboxylic acids is 1. The molecular formula is C16H21N3O. The van der Waals surface area contributed by atoms with Crippen LogP contribution in [0.1, 0.15) is 29.4 Å². The fraction of sp³-hybridized carbons (Fsp3) is 0.312. The number of rotatable bonds is 6. The maximum Gasteiger partial charge on any atom is 0.251 e. The number of hydrogen-bond donors (Lipinski definition) is 2. The number of aryl methyl sites for hydroxylation is 1. The summed E-state index contributed by atoms with van der Waals surface area (Å²) in [6.45, 7) is 3.49. The van der Waals surface area contributed by atoms with Crippen LogP contribution < -0.4 is 10.6 Å². The van der Waals surface area contributed by atoms with Crippen LogP contribution in [0.25, 0.3) is 0 Å². The topological polar surface area (TPSA) is 46.1 Å². The maximum absolute atomic E-state index is 11.9. The van der Waals surface area contributed by atoms with Gasteiger partial charge >= 0.3 is 0 Å². The number of nitrogens with zero attached hydrogens (tertiary/aromatic N) is 1. The first kappa shape index (κ1) is 14.2. The highest BCUT2D eigenvalue weighted by Gasteiger charge is 2.05. The highest BCUT2D eigenvalue weighted by molar-refractivity contribution is 5.95. The van der Waals surface area contributed by atoms with Gasteiger partial charge in [0.15, 0.2) is 0 Å². The Morgan fingerprint density at radius 1 is 1.25 bits per heavy atom. The van der Waals surface area contributed by atoms with E-state index in [2.05, 4.69) is 21.3 Å². The Morgan fingerprint density at radius 3 is 2.80 bits per heavy atom. The second-order valence-electron chi connectivity index (χ2n) is 4.80. The molecule has 106 valence electrons. The van der Waals surface area contributed by atoms with Crippen molar-refractivity contribution in [3.8, 4) is 0 Å². The molecule has 4 heteroatoms. The zero-order valence-electron chi connectivity index (χ0n) is 12.0. The Labute approximate surface area is 119 Å². The van der Waals surface area contributed by atoms with E-state index >= 15 is 0 Å². The number of aromatic nitrogens is 1. The molecule has 2 aromatic rings. The Balaban J connectivity index is 1.99. The van der Waals surface area contributed by atoms with Crippen LogP contribution in [0, 0.1) is 0 Å². The van der Waals surface area contributed by atoms with E-state index in [1.54, 1.807) is 0 Å². The molecule has 1 heterocycles. The van der Waals surface area contributed by atoms with Crippen LogP contribution in [-0.2, 0) is 13.6 Å². The Morgan fingerprint density at radius 2 is 2.10 bits per heavy atom. The molecule has 0 unspecified atom stereocenters. The number of benzene rings is 1. The van der Waals surface area contributed by atoms with Crippen LogP contribution >= 0.6 is 0 Å². The van der Waals surface area contributed by atoms with E-state index in [1.165, 1.54) is 5.69 Å². The van der Waals surface area contributed by atoms with Crippen molar-refractivity contribution < 1.29 is 4.79 Å². The fourth-order valence-corrected chi connectivity index (χ4v) is 1.98. The monoisotopic (exact) mass is 271 g/mol. The molecular weight excluding hydrogens is 250 g/mol. The van der Waals surface area contributed by atoms with Gasteiger partial charge in [0.25, 0.3) is 5.91 Å². The molecule has 0 saturated carbocycles. The third-order valence-electron chi connectivity index (χ3n) is 3.19. The summed E-state index contributed by atoms with van der Waals surface area (Å²) in [7, 11) is 2.02. The molecule has 4 nitrogen and oxygen atoms in total. The number of amides is 1. The molecule has 0 bridgehead atoms. The van der Waals surface area contributed by atoms with Crippen molar-refractivity contribution in [3.63, 3.8) is 0 Å². The molecule has 0 spiro atoms. The standard InChI is InChI=1S/C16H21N3O/c1-3-9-17-16(20)13-6-4-7-14(11-13)18-12-15-8-5-10-19(15)2/h4-8,10-11,18H,3,9,12H2,1-2H3,(H,17,20). The van der Waals surface area contributed by atoms with Gasteiger partial charge < -0.3 is 15.2 Å². The summed E-state index contributed by atoms with van der Waals surface area (Å²) in [6.07, 6.45) is 2.96. The lowest BCUT2D eigenvalue weighted by atomic mass is 10.2. The molecule has 2 rings (SSSR count). The van der Waals surface area contributed by atoms with Crippen molar-refractivity contribution in [2.45, 2.75) is 19.9 Å². The van der Waals surface area contributed by atoms with Gasteiger partial charge in [-0.25, -0.2) is 0 Å². The van der Waals surface area contributed by atoms with Gasteiger partial charge in [-0.05, 0) is 36.8 Å². The SMILES string of the molecule is CCCNC(=O)c1cccc(NCc2cccn2C)c1. The quantitative estimate of drug-likeness (QED) is 0.848. The number of nitrogens with one attached hydrogen (secondary N) is 2. The van der Waals surface area contributed by atoms with E-state index in [0.717, 1.165) is 18.7 Å². The highest BCUT2D eigenvalue weighted by Crippen LogP contribution is 2.12. The molecule has 1 aromatic heterocycles. The first-order valence-corrected chi connectivity index (χ1v) is 6.93. The predicted molar refractivity (Wildman–Crippen MR) is 81.8 cm³/mol. The van der Waals surface area contributed by atoms with Crippen LogP contribution in [0.3, 0.4) is 0 Å². The number of anilines is 1. The highest BCUT2D eigenvalue weighted by atomic mass is 16.1.